The van der Waals surface area contributed by atoms with Crippen LogP contribution in [0.4, 0.5) is 15.3 Å². The molecule has 2 saturated heterocycles. The predicted octanol–water partition coefficient (Wildman–Crippen LogP) is 3.74. The van der Waals surface area contributed by atoms with Gasteiger partial charge in [0.15, 0.2) is 0 Å². The van der Waals surface area contributed by atoms with E-state index in [4.69, 9.17) is 19.2 Å². The van der Waals surface area contributed by atoms with Crippen LogP contribution in [0.1, 0.15) is 32.0 Å². The van der Waals surface area contributed by atoms with Crippen molar-refractivity contribution in [1.29, 1.82) is 0 Å². The Morgan fingerprint density at radius 2 is 1.86 bits per heavy atom. The Morgan fingerprint density at radius 1 is 1.11 bits per heavy atom. The van der Waals surface area contributed by atoms with Crippen LogP contribution in [0.25, 0.3) is 0 Å². The fraction of sp³-hybridized carbons (Fsp3) is 0.720. The SMILES string of the molecule is CC(C)(C)OC(=O)N1CC2(C1)CN(c1cnc3c(c1)CN(C(=O)OCC[Si](C)(C)C)CC3)CCO2. The molecule has 3 aliphatic heterocycles. The van der Waals surface area contributed by atoms with Crippen LogP contribution in [0, 0.1) is 0 Å². The summed E-state index contributed by atoms with van der Waals surface area (Å²) in [5.74, 6) is 0. The molecule has 4 rings (SSSR count). The Labute approximate surface area is 209 Å². The zero-order chi connectivity index (χ0) is 25.4. The number of morpholine rings is 1. The van der Waals surface area contributed by atoms with E-state index in [1.54, 1.807) is 9.80 Å². The molecule has 1 aromatic rings. The summed E-state index contributed by atoms with van der Waals surface area (Å²) in [6.07, 6.45) is 2.12. The second-order valence-electron chi connectivity index (χ2n) is 12.2. The first kappa shape index (κ1) is 25.8. The van der Waals surface area contributed by atoms with Crippen LogP contribution in [0.3, 0.4) is 0 Å². The van der Waals surface area contributed by atoms with Gasteiger partial charge in [-0.1, -0.05) is 19.6 Å². The number of rotatable bonds is 4. The maximum Gasteiger partial charge on any atom is 0.410 e. The van der Waals surface area contributed by atoms with Crippen molar-refractivity contribution < 1.29 is 23.8 Å². The van der Waals surface area contributed by atoms with Gasteiger partial charge in [-0.25, -0.2) is 9.59 Å². The highest BCUT2D eigenvalue weighted by Crippen LogP contribution is 2.33. The van der Waals surface area contributed by atoms with Crippen molar-refractivity contribution >= 4 is 25.9 Å². The van der Waals surface area contributed by atoms with Crippen molar-refractivity contribution in [3.63, 3.8) is 0 Å². The number of anilines is 1. The van der Waals surface area contributed by atoms with Gasteiger partial charge in [0.25, 0.3) is 0 Å². The first-order valence-electron chi connectivity index (χ1n) is 12.6. The van der Waals surface area contributed by atoms with Gasteiger partial charge >= 0.3 is 12.2 Å². The van der Waals surface area contributed by atoms with E-state index in [9.17, 15) is 9.59 Å². The minimum atomic E-state index is -1.24. The van der Waals surface area contributed by atoms with Gasteiger partial charge in [-0.3, -0.25) is 4.98 Å². The van der Waals surface area contributed by atoms with Crippen molar-refractivity contribution in [2.24, 2.45) is 0 Å². The molecule has 4 heterocycles. The molecule has 9 nitrogen and oxygen atoms in total. The monoisotopic (exact) mass is 504 g/mol. The highest BCUT2D eigenvalue weighted by molar-refractivity contribution is 6.76. The van der Waals surface area contributed by atoms with Crippen molar-refractivity contribution in [2.75, 3.05) is 50.8 Å². The van der Waals surface area contributed by atoms with E-state index >= 15 is 0 Å². The summed E-state index contributed by atoms with van der Waals surface area (Å²) >= 11 is 0. The molecule has 0 unspecified atom stereocenters. The van der Waals surface area contributed by atoms with E-state index in [1.165, 1.54) is 0 Å². The molecule has 194 valence electrons. The number of fused-ring (bicyclic) bond motifs is 1. The van der Waals surface area contributed by atoms with Gasteiger partial charge in [0, 0.05) is 33.3 Å². The number of aromatic nitrogens is 1. The lowest BCUT2D eigenvalue weighted by Gasteiger charge is -2.53. The molecular formula is C25H40N4O5Si. The molecule has 1 aromatic heterocycles. The molecule has 35 heavy (non-hydrogen) atoms. The van der Waals surface area contributed by atoms with Crippen LogP contribution < -0.4 is 4.90 Å². The Morgan fingerprint density at radius 3 is 2.54 bits per heavy atom. The maximum atomic E-state index is 12.6. The van der Waals surface area contributed by atoms with E-state index in [2.05, 4.69) is 30.6 Å². The van der Waals surface area contributed by atoms with Gasteiger partial charge in [-0.2, -0.15) is 0 Å². The topological polar surface area (TPSA) is 84.4 Å². The zero-order valence-electron chi connectivity index (χ0n) is 22.1. The number of amides is 2. The zero-order valence-corrected chi connectivity index (χ0v) is 23.1. The van der Waals surface area contributed by atoms with Crippen molar-refractivity contribution in [3.8, 4) is 0 Å². The quantitative estimate of drug-likeness (QED) is 0.578. The first-order valence-corrected chi connectivity index (χ1v) is 16.3. The average Bonchev–Trinajstić information content (AvgIpc) is 2.74. The van der Waals surface area contributed by atoms with Crippen molar-refractivity contribution in [3.05, 3.63) is 23.5 Å². The third-order valence-electron chi connectivity index (χ3n) is 6.58. The summed E-state index contributed by atoms with van der Waals surface area (Å²) in [6, 6.07) is 3.12. The second-order valence-corrected chi connectivity index (χ2v) is 17.8. The van der Waals surface area contributed by atoms with Crippen molar-refractivity contribution in [1.82, 2.24) is 14.8 Å². The van der Waals surface area contributed by atoms with E-state index in [1.807, 2.05) is 27.0 Å². The summed E-state index contributed by atoms with van der Waals surface area (Å²) in [4.78, 5) is 35.4. The molecule has 10 heteroatoms. The number of ether oxygens (including phenoxy) is 3. The number of likely N-dealkylation sites (tertiary alicyclic amines) is 1. The molecule has 2 fully saturated rings. The highest BCUT2D eigenvalue weighted by atomic mass is 28.3. The Balaban J connectivity index is 1.35. The number of pyridine rings is 1. The van der Waals surface area contributed by atoms with Gasteiger partial charge in [0.05, 0.1) is 51.3 Å². The predicted molar refractivity (Wildman–Crippen MR) is 137 cm³/mol. The molecule has 0 aromatic carbocycles. The molecule has 0 radical (unpaired) electrons. The Kier molecular flexibility index (Phi) is 7.07. The molecule has 3 aliphatic rings. The molecule has 0 saturated carbocycles. The lowest BCUT2D eigenvalue weighted by molar-refractivity contribution is -0.144. The molecule has 0 N–H and O–H groups in total. The molecule has 0 bridgehead atoms. The molecular weight excluding hydrogens is 464 g/mol. The fourth-order valence-electron chi connectivity index (χ4n) is 4.64. The lowest BCUT2D eigenvalue weighted by atomic mass is 9.92. The normalized spacial score (nSPS) is 19.8. The maximum absolute atomic E-state index is 12.6. The third kappa shape index (κ3) is 6.46. The number of carbonyl (C=O) groups excluding carboxylic acids is 2. The molecule has 2 amide bonds. The first-order chi connectivity index (χ1) is 16.3. The number of nitrogens with zero attached hydrogens (tertiary/aromatic N) is 4. The van der Waals surface area contributed by atoms with E-state index in [0.717, 1.165) is 36.0 Å². The standard InChI is InChI=1S/C25H40N4O5Si/c1-24(2,3)34-23(31)29-17-25(18-29)16-28(9-10-33-25)20-13-19-15-27(8-7-21(19)26-14-20)22(30)32-11-12-35(4,5)6/h13-14H,7-12,15-18H2,1-6H3. The molecule has 0 aliphatic carbocycles. The van der Waals surface area contributed by atoms with Gasteiger partial charge in [-0.15, -0.1) is 0 Å². The van der Waals surface area contributed by atoms with E-state index in [0.29, 0.717) is 45.9 Å². The third-order valence-corrected chi connectivity index (χ3v) is 8.29. The number of carbonyl (C=O) groups is 2. The summed E-state index contributed by atoms with van der Waals surface area (Å²) in [7, 11) is -1.24. The van der Waals surface area contributed by atoms with Crippen LogP contribution in [-0.2, 0) is 27.2 Å². The van der Waals surface area contributed by atoms with Gasteiger partial charge in [0.2, 0.25) is 0 Å². The van der Waals surface area contributed by atoms with Crippen LogP contribution in [-0.4, -0.2) is 92.2 Å². The minimum Gasteiger partial charge on any atom is -0.450 e. The van der Waals surface area contributed by atoms with E-state index in [-0.39, 0.29) is 17.8 Å². The average molecular weight is 505 g/mol. The molecule has 0 atom stereocenters. The molecule has 1 spiro atoms. The van der Waals surface area contributed by atoms with Crippen LogP contribution in [0.15, 0.2) is 12.3 Å². The smallest absolute Gasteiger partial charge is 0.410 e. The summed E-state index contributed by atoms with van der Waals surface area (Å²) in [5.41, 5.74) is 2.25. The van der Waals surface area contributed by atoms with Gasteiger partial charge < -0.3 is 28.9 Å². The van der Waals surface area contributed by atoms with Crippen LogP contribution >= 0.6 is 0 Å². The Hall–Kier alpha value is -2.33. The lowest BCUT2D eigenvalue weighted by Crippen LogP contribution is -2.71. The Bertz CT molecular complexity index is 952. The summed E-state index contributed by atoms with van der Waals surface area (Å²) < 4.78 is 17.2. The van der Waals surface area contributed by atoms with Gasteiger partial charge in [-0.05, 0) is 38.4 Å². The van der Waals surface area contributed by atoms with E-state index < -0.39 is 13.7 Å². The minimum absolute atomic E-state index is 0.235. The number of hydrogen-bond acceptors (Lipinski definition) is 7. The van der Waals surface area contributed by atoms with Crippen LogP contribution in [0.2, 0.25) is 25.7 Å². The number of hydrogen-bond donors (Lipinski definition) is 0. The largest absolute Gasteiger partial charge is 0.450 e. The van der Waals surface area contributed by atoms with Crippen molar-refractivity contribution in [2.45, 2.75) is 70.6 Å². The fourth-order valence-corrected chi connectivity index (χ4v) is 5.35. The highest BCUT2D eigenvalue weighted by Gasteiger charge is 2.50. The second kappa shape index (κ2) is 9.61. The summed E-state index contributed by atoms with van der Waals surface area (Å²) in [5, 5.41) is 0. The summed E-state index contributed by atoms with van der Waals surface area (Å²) in [6.45, 7) is 17.2. The van der Waals surface area contributed by atoms with Crippen LogP contribution in [0.5, 0.6) is 0 Å². The van der Waals surface area contributed by atoms with Gasteiger partial charge in [0.1, 0.15) is 11.2 Å².